The highest BCUT2D eigenvalue weighted by molar-refractivity contribution is 5.76. The number of piperidine rings is 1. The molecular weight excluding hydrogens is 316 g/mol. The fourth-order valence-corrected chi connectivity index (χ4v) is 4.06. The van der Waals surface area contributed by atoms with Crippen molar-refractivity contribution >= 4 is 11.9 Å². The Morgan fingerprint density at radius 3 is 2.52 bits per heavy atom. The summed E-state index contributed by atoms with van der Waals surface area (Å²) in [5.41, 5.74) is 0. The minimum Gasteiger partial charge on any atom is -0.341 e. The number of rotatable bonds is 4. The van der Waals surface area contributed by atoms with Crippen LogP contribution >= 0.6 is 0 Å². The highest BCUT2D eigenvalue weighted by Gasteiger charge is 2.34. The van der Waals surface area contributed by atoms with E-state index in [2.05, 4.69) is 19.9 Å². The van der Waals surface area contributed by atoms with E-state index in [9.17, 15) is 4.79 Å². The van der Waals surface area contributed by atoms with Gasteiger partial charge >= 0.3 is 0 Å². The molecule has 2 saturated heterocycles. The zero-order valence-corrected chi connectivity index (χ0v) is 14.4. The van der Waals surface area contributed by atoms with Crippen molar-refractivity contribution < 1.29 is 4.79 Å². The van der Waals surface area contributed by atoms with Crippen LogP contribution in [-0.4, -0.2) is 56.5 Å². The second-order valence-electron chi connectivity index (χ2n) is 7.00. The largest absolute Gasteiger partial charge is 0.341 e. The number of aromatic nitrogens is 4. The van der Waals surface area contributed by atoms with Gasteiger partial charge in [0.25, 0.3) is 0 Å². The third-order valence-electron chi connectivity index (χ3n) is 5.50. The molecule has 132 valence electrons. The average Bonchev–Trinajstić information content (AvgIpc) is 3.34. The van der Waals surface area contributed by atoms with Gasteiger partial charge in [0.05, 0.1) is 6.33 Å². The SMILES string of the molecule is O=C(Cn1ccnc1)N1CC[C@H](C2CCN(c3ncccn3)CC2)C1. The molecule has 4 heterocycles. The van der Waals surface area contributed by atoms with E-state index in [-0.39, 0.29) is 5.91 Å². The lowest BCUT2D eigenvalue weighted by Gasteiger charge is -2.34. The molecule has 2 aromatic rings. The van der Waals surface area contributed by atoms with Gasteiger partial charge in [-0.3, -0.25) is 4.79 Å². The molecule has 0 spiro atoms. The van der Waals surface area contributed by atoms with Gasteiger partial charge in [-0.05, 0) is 37.2 Å². The van der Waals surface area contributed by atoms with Gasteiger partial charge in [0.15, 0.2) is 0 Å². The zero-order chi connectivity index (χ0) is 17.1. The Labute approximate surface area is 147 Å². The van der Waals surface area contributed by atoms with Gasteiger partial charge in [0.2, 0.25) is 11.9 Å². The summed E-state index contributed by atoms with van der Waals surface area (Å²) in [4.78, 5) is 29.4. The Kier molecular flexibility index (Phi) is 4.63. The van der Waals surface area contributed by atoms with Crippen LogP contribution in [-0.2, 0) is 11.3 Å². The molecule has 7 heteroatoms. The topological polar surface area (TPSA) is 67.2 Å². The summed E-state index contributed by atoms with van der Waals surface area (Å²) < 4.78 is 1.84. The molecule has 1 atom stereocenters. The number of amides is 1. The summed E-state index contributed by atoms with van der Waals surface area (Å²) >= 11 is 0. The molecule has 2 aromatic heterocycles. The van der Waals surface area contributed by atoms with Crippen LogP contribution in [0.25, 0.3) is 0 Å². The summed E-state index contributed by atoms with van der Waals surface area (Å²) in [6.07, 6.45) is 12.3. The van der Waals surface area contributed by atoms with Crippen molar-refractivity contribution in [3.8, 4) is 0 Å². The summed E-state index contributed by atoms with van der Waals surface area (Å²) in [6, 6.07) is 1.85. The minimum atomic E-state index is 0.204. The van der Waals surface area contributed by atoms with E-state index in [0.29, 0.717) is 18.4 Å². The van der Waals surface area contributed by atoms with Gasteiger partial charge in [-0.25, -0.2) is 15.0 Å². The van der Waals surface area contributed by atoms with E-state index in [1.54, 1.807) is 24.9 Å². The molecule has 2 fully saturated rings. The first-order valence-electron chi connectivity index (χ1n) is 9.05. The summed E-state index contributed by atoms with van der Waals surface area (Å²) in [7, 11) is 0. The molecule has 0 unspecified atom stereocenters. The fraction of sp³-hybridized carbons (Fsp3) is 0.556. The zero-order valence-electron chi connectivity index (χ0n) is 14.4. The molecule has 0 radical (unpaired) electrons. The number of hydrogen-bond donors (Lipinski definition) is 0. The van der Waals surface area contributed by atoms with Gasteiger partial charge in [0, 0.05) is 51.0 Å². The summed E-state index contributed by atoms with van der Waals surface area (Å²) in [5, 5.41) is 0. The molecular formula is C18H24N6O. The number of nitrogens with zero attached hydrogens (tertiary/aromatic N) is 6. The first-order chi connectivity index (χ1) is 12.3. The van der Waals surface area contributed by atoms with E-state index < -0.39 is 0 Å². The van der Waals surface area contributed by atoms with Crippen LogP contribution in [0.5, 0.6) is 0 Å². The normalized spacial score (nSPS) is 21.7. The Bertz CT molecular complexity index is 681. The average molecular weight is 340 g/mol. The van der Waals surface area contributed by atoms with Gasteiger partial charge in [-0.2, -0.15) is 0 Å². The van der Waals surface area contributed by atoms with Crippen molar-refractivity contribution in [1.82, 2.24) is 24.4 Å². The van der Waals surface area contributed by atoms with Crippen molar-refractivity contribution in [1.29, 1.82) is 0 Å². The highest BCUT2D eigenvalue weighted by Crippen LogP contribution is 2.32. The van der Waals surface area contributed by atoms with E-state index >= 15 is 0 Å². The number of carbonyl (C=O) groups is 1. The van der Waals surface area contributed by atoms with Crippen molar-refractivity contribution in [3.05, 3.63) is 37.2 Å². The lowest BCUT2D eigenvalue weighted by atomic mass is 9.84. The molecule has 1 amide bonds. The van der Waals surface area contributed by atoms with E-state index in [4.69, 9.17) is 0 Å². The first-order valence-corrected chi connectivity index (χ1v) is 9.05. The fourth-order valence-electron chi connectivity index (χ4n) is 4.06. The quantitative estimate of drug-likeness (QED) is 0.842. The number of hydrogen-bond acceptors (Lipinski definition) is 5. The summed E-state index contributed by atoms with van der Waals surface area (Å²) in [5.74, 6) is 2.37. The van der Waals surface area contributed by atoms with Crippen LogP contribution in [0.2, 0.25) is 0 Å². The van der Waals surface area contributed by atoms with E-state index in [0.717, 1.165) is 51.4 Å². The van der Waals surface area contributed by atoms with Crippen LogP contribution in [0, 0.1) is 11.8 Å². The smallest absolute Gasteiger partial charge is 0.242 e. The highest BCUT2D eigenvalue weighted by atomic mass is 16.2. The number of carbonyl (C=O) groups excluding carboxylic acids is 1. The molecule has 7 nitrogen and oxygen atoms in total. The van der Waals surface area contributed by atoms with Gasteiger partial charge in [0.1, 0.15) is 6.54 Å². The van der Waals surface area contributed by atoms with Gasteiger partial charge in [-0.1, -0.05) is 0 Å². The maximum atomic E-state index is 12.4. The maximum absolute atomic E-state index is 12.4. The minimum absolute atomic E-state index is 0.204. The standard InChI is InChI=1S/C18H24N6O/c25-17(13-22-11-7-19-14-22)24-10-4-16(12-24)15-2-8-23(9-3-15)18-20-5-1-6-21-18/h1,5-7,11,14-16H,2-4,8-10,12-13H2/t16-/m0/s1. The van der Waals surface area contributed by atoms with Crippen molar-refractivity contribution in [3.63, 3.8) is 0 Å². The molecule has 25 heavy (non-hydrogen) atoms. The molecule has 0 saturated carbocycles. The predicted octanol–water partition coefficient (Wildman–Crippen LogP) is 1.44. The molecule has 4 rings (SSSR count). The van der Waals surface area contributed by atoms with Crippen molar-refractivity contribution in [2.75, 3.05) is 31.1 Å². The monoisotopic (exact) mass is 340 g/mol. The number of likely N-dealkylation sites (tertiary alicyclic amines) is 1. The van der Waals surface area contributed by atoms with Crippen LogP contribution in [0.4, 0.5) is 5.95 Å². The van der Waals surface area contributed by atoms with Gasteiger partial charge in [-0.15, -0.1) is 0 Å². The van der Waals surface area contributed by atoms with Crippen molar-refractivity contribution in [2.24, 2.45) is 11.8 Å². The maximum Gasteiger partial charge on any atom is 0.242 e. The van der Waals surface area contributed by atoms with Crippen LogP contribution in [0.3, 0.4) is 0 Å². The Balaban J connectivity index is 1.27. The molecule has 2 aliphatic heterocycles. The molecule has 2 aliphatic rings. The molecule has 0 aliphatic carbocycles. The van der Waals surface area contributed by atoms with Crippen LogP contribution < -0.4 is 4.90 Å². The van der Waals surface area contributed by atoms with Crippen LogP contribution in [0.15, 0.2) is 37.2 Å². The number of anilines is 1. The van der Waals surface area contributed by atoms with E-state index in [1.165, 1.54) is 0 Å². The van der Waals surface area contributed by atoms with Crippen molar-refractivity contribution in [2.45, 2.75) is 25.8 Å². The predicted molar refractivity (Wildman–Crippen MR) is 93.9 cm³/mol. The Morgan fingerprint density at radius 1 is 1.04 bits per heavy atom. The molecule has 0 N–H and O–H groups in total. The van der Waals surface area contributed by atoms with Crippen LogP contribution in [0.1, 0.15) is 19.3 Å². The lowest BCUT2D eigenvalue weighted by Crippen LogP contribution is -2.38. The lowest BCUT2D eigenvalue weighted by molar-refractivity contribution is -0.131. The first kappa shape index (κ1) is 16.1. The Hall–Kier alpha value is -2.44. The summed E-state index contributed by atoms with van der Waals surface area (Å²) in [6.45, 7) is 4.21. The third kappa shape index (κ3) is 3.65. The van der Waals surface area contributed by atoms with E-state index in [1.807, 2.05) is 21.7 Å². The number of imidazole rings is 1. The molecule has 0 aromatic carbocycles. The van der Waals surface area contributed by atoms with Gasteiger partial charge < -0.3 is 14.4 Å². The second-order valence-corrected chi connectivity index (χ2v) is 7.00. The second kappa shape index (κ2) is 7.21. The molecule has 0 bridgehead atoms. The third-order valence-corrected chi connectivity index (χ3v) is 5.50. The Morgan fingerprint density at radius 2 is 1.80 bits per heavy atom.